The second-order valence-electron chi connectivity index (χ2n) is 7.69. The van der Waals surface area contributed by atoms with Crippen LogP contribution >= 0.6 is 0 Å². The summed E-state index contributed by atoms with van der Waals surface area (Å²) in [6.45, 7) is 6.26. The number of nitrogens with one attached hydrogen (secondary N) is 1. The quantitative estimate of drug-likeness (QED) is 0.664. The van der Waals surface area contributed by atoms with Crippen LogP contribution in [0.4, 0.5) is 10.1 Å². The first-order valence-electron chi connectivity index (χ1n) is 9.21. The van der Waals surface area contributed by atoms with Gasteiger partial charge in [0.1, 0.15) is 24.7 Å². The van der Waals surface area contributed by atoms with Crippen molar-refractivity contribution >= 4 is 21.6 Å². The molecule has 2 aromatic rings. The molecule has 0 saturated carbocycles. The molecule has 1 N–H and O–H groups in total. The molecule has 0 bridgehead atoms. The summed E-state index contributed by atoms with van der Waals surface area (Å²) in [6, 6.07) is 12.8. The Balaban J connectivity index is 1.94. The lowest BCUT2D eigenvalue weighted by atomic mass is 9.86. The Morgan fingerprint density at radius 1 is 1.14 bits per heavy atom. The van der Waals surface area contributed by atoms with Crippen molar-refractivity contribution < 1.29 is 22.3 Å². The van der Waals surface area contributed by atoms with Crippen LogP contribution in [0.25, 0.3) is 0 Å². The van der Waals surface area contributed by atoms with Crippen LogP contribution in [0.1, 0.15) is 26.3 Å². The second kappa shape index (κ2) is 9.26. The molecular weight excluding hydrogens is 395 g/mol. The van der Waals surface area contributed by atoms with Crippen LogP contribution in [-0.2, 0) is 20.2 Å². The maximum Gasteiger partial charge on any atom is 0.240 e. The van der Waals surface area contributed by atoms with Gasteiger partial charge >= 0.3 is 0 Å². The SMILES string of the molecule is CC(C)(C)c1ccccc1OCCNC(=O)CN(c1cccc(F)c1)S(C)(=O)=O. The Kier molecular flexibility index (Phi) is 7.24. The number of hydrogen-bond acceptors (Lipinski definition) is 4. The van der Waals surface area contributed by atoms with Crippen molar-refractivity contribution in [3.05, 3.63) is 59.9 Å². The van der Waals surface area contributed by atoms with E-state index in [1.165, 1.54) is 18.2 Å². The number of benzene rings is 2. The van der Waals surface area contributed by atoms with E-state index in [0.29, 0.717) is 0 Å². The van der Waals surface area contributed by atoms with E-state index in [1.54, 1.807) is 0 Å². The zero-order chi connectivity index (χ0) is 21.7. The molecule has 0 spiro atoms. The van der Waals surface area contributed by atoms with Gasteiger partial charge in [0, 0.05) is 0 Å². The number of carbonyl (C=O) groups excluding carboxylic acids is 1. The van der Waals surface area contributed by atoms with E-state index in [9.17, 15) is 17.6 Å². The molecule has 0 fully saturated rings. The van der Waals surface area contributed by atoms with Crippen molar-refractivity contribution in [2.75, 3.05) is 30.3 Å². The lowest BCUT2D eigenvalue weighted by molar-refractivity contribution is -0.119. The van der Waals surface area contributed by atoms with Gasteiger partial charge in [0.2, 0.25) is 15.9 Å². The highest BCUT2D eigenvalue weighted by Gasteiger charge is 2.21. The fourth-order valence-corrected chi connectivity index (χ4v) is 3.63. The minimum Gasteiger partial charge on any atom is -0.491 e. The molecule has 8 heteroatoms. The Labute approximate surface area is 171 Å². The summed E-state index contributed by atoms with van der Waals surface area (Å²) in [6.07, 6.45) is 0.970. The maximum atomic E-state index is 13.4. The van der Waals surface area contributed by atoms with E-state index in [4.69, 9.17) is 4.74 Å². The normalized spacial score (nSPS) is 11.8. The summed E-state index contributed by atoms with van der Waals surface area (Å²) in [5, 5.41) is 2.63. The van der Waals surface area contributed by atoms with E-state index in [-0.39, 0.29) is 24.3 Å². The molecule has 0 aromatic heterocycles. The minimum absolute atomic E-state index is 0.0826. The molecular formula is C21H27FN2O4S. The van der Waals surface area contributed by atoms with Gasteiger partial charge in [0.25, 0.3) is 0 Å². The first-order valence-corrected chi connectivity index (χ1v) is 11.1. The first kappa shape index (κ1) is 22.7. The lowest BCUT2D eigenvalue weighted by Gasteiger charge is -2.23. The zero-order valence-electron chi connectivity index (χ0n) is 17.1. The Morgan fingerprint density at radius 3 is 2.45 bits per heavy atom. The number of halogens is 1. The highest BCUT2D eigenvalue weighted by atomic mass is 32.2. The Morgan fingerprint density at radius 2 is 1.83 bits per heavy atom. The number of hydrogen-bond donors (Lipinski definition) is 1. The van der Waals surface area contributed by atoms with Crippen molar-refractivity contribution in [2.24, 2.45) is 0 Å². The van der Waals surface area contributed by atoms with Crippen molar-refractivity contribution in [2.45, 2.75) is 26.2 Å². The van der Waals surface area contributed by atoms with Gasteiger partial charge in [-0.2, -0.15) is 0 Å². The van der Waals surface area contributed by atoms with Gasteiger partial charge in [0.05, 0.1) is 18.5 Å². The standard InChI is InChI=1S/C21H27FN2O4S/c1-21(2,3)18-10-5-6-11-19(18)28-13-12-23-20(25)15-24(29(4,26)27)17-9-7-8-16(22)14-17/h5-11,14H,12-13,15H2,1-4H3,(H,23,25). The minimum atomic E-state index is -3.75. The fraction of sp³-hybridized carbons (Fsp3) is 0.381. The predicted molar refractivity (Wildman–Crippen MR) is 112 cm³/mol. The van der Waals surface area contributed by atoms with Crippen LogP contribution in [-0.4, -0.2) is 40.3 Å². The van der Waals surface area contributed by atoms with E-state index in [2.05, 4.69) is 26.1 Å². The summed E-state index contributed by atoms with van der Waals surface area (Å²) < 4.78 is 44.1. The Hall–Kier alpha value is -2.61. The fourth-order valence-electron chi connectivity index (χ4n) is 2.78. The number of para-hydroxylation sites is 1. The number of amides is 1. The van der Waals surface area contributed by atoms with Crippen LogP contribution in [0.2, 0.25) is 0 Å². The average molecular weight is 423 g/mol. The third-order valence-corrected chi connectivity index (χ3v) is 5.30. The van der Waals surface area contributed by atoms with Crippen LogP contribution in [0.15, 0.2) is 48.5 Å². The van der Waals surface area contributed by atoms with E-state index >= 15 is 0 Å². The van der Waals surface area contributed by atoms with E-state index < -0.39 is 28.3 Å². The van der Waals surface area contributed by atoms with Gasteiger partial charge < -0.3 is 10.1 Å². The van der Waals surface area contributed by atoms with Crippen LogP contribution in [0, 0.1) is 5.82 Å². The third-order valence-electron chi connectivity index (χ3n) is 4.16. The molecule has 0 atom stereocenters. The molecule has 0 aliphatic carbocycles. The maximum absolute atomic E-state index is 13.4. The molecule has 0 aliphatic rings. The third kappa shape index (κ3) is 6.74. The topological polar surface area (TPSA) is 75.7 Å². The zero-order valence-corrected chi connectivity index (χ0v) is 17.9. The van der Waals surface area contributed by atoms with Gasteiger partial charge in [0.15, 0.2) is 0 Å². The molecule has 158 valence electrons. The van der Waals surface area contributed by atoms with E-state index in [1.807, 2.05) is 24.3 Å². The number of anilines is 1. The van der Waals surface area contributed by atoms with Gasteiger partial charge in [-0.05, 0) is 35.2 Å². The molecule has 2 aromatic carbocycles. The summed E-state index contributed by atoms with van der Waals surface area (Å²) in [5.41, 5.74) is 1.07. The van der Waals surface area contributed by atoms with Gasteiger partial charge in [-0.1, -0.05) is 45.0 Å². The van der Waals surface area contributed by atoms with Crippen LogP contribution in [0.3, 0.4) is 0 Å². The summed E-state index contributed by atoms with van der Waals surface area (Å²) >= 11 is 0. The molecule has 0 radical (unpaired) electrons. The number of carbonyl (C=O) groups is 1. The van der Waals surface area contributed by atoms with Gasteiger partial charge in [-0.25, -0.2) is 12.8 Å². The summed E-state index contributed by atoms with van der Waals surface area (Å²) in [4.78, 5) is 12.2. The van der Waals surface area contributed by atoms with Gasteiger partial charge in [-0.15, -0.1) is 0 Å². The average Bonchev–Trinajstić information content (AvgIpc) is 2.62. The monoisotopic (exact) mass is 422 g/mol. The van der Waals surface area contributed by atoms with Gasteiger partial charge in [-0.3, -0.25) is 9.10 Å². The summed E-state index contributed by atoms with van der Waals surface area (Å²) in [7, 11) is -3.75. The van der Waals surface area contributed by atoms with Crippen molar-refractivity contribution in [1.82, 2.24) is 5.32 Å². The highest BCUT2D eigenvalue weighted by Crippen LogP contribution is 2.30. The smallest absolute Gasteiger partial charge is 0.240 e. The molecule has 0 heterocycles. The number of ether oxygens (including phenoxy) is 1. The van der Waals surface area contributed by atoms with Crippen molar-refractivity contribution in [3.63, 3.8) is 0 Å². The highest BCUT2D eigenvalue weighted by molar-refractivity contribution is 7.92. The molecule has 29 heavy (non-hydrogen) atoms. The molecule has 0 saturated heterocycles. The second-order valence-corrected chi connectivity index (χ2v) is 9.60. The van der Waals surface area contributed by atoms with Crippen LogP contribution < -0.4 is 14.4 Å². The molecule has 6 nitrogen and oxygen atoms in total. The van der Waals surface area contributed by atoms with E-state index in [0.717, 1.165) is 27.9 Å². The number of nitrogens with zero attached hydrogens (tertiary/aromatic N) is 1. The molecule has 0 aliphatic heterocycles. The lowest BCUT2D eigenvalue weighted by Crippen LogP contribution is -2.41. The van der Waals surface area contributed by atoms with Crippen molar-refractivity contribution in [1.29, 1.82) is 0 Å². The summed E-state index contributed by atoms with van der Waals surface area (Å²) in [5.74, 6) is -0.346. The molecule has 1 amide bonds. The number of rotatable bonds is 8. The Bertz CT molecular complexity index is 955. The molecule has 0 unspecified atom stereocenters. The number of sulfonamides is 1. The van der Waals surface area contributed by atoms with Crippen molar-refractivity contribution in [3.8, 4) is 5.75 Å². The largest absolute Gasteiger partial charge is 0.491 e. The predicted octanol–water partition coefficient (Wildman–Crippen LogP) is 3.08. The first-order chi connectivity index (χ1) is 13.5. The molecule has 2 rings (SSSR count). The van der Waals surface area contributed by atoms with Crippen LogP contribution in [0.5, 0.6) is 5.75 Å².